The Hall–Kier alpha value is -1.56. The minimum absolute atomic E-state index is 0.0105. The van der Waals surface area contributed by atoms with Crippen molar-refractivity contribution in [3.8, 4) is 0 Å². The molecule has 1 aromatic heterocycles. The molecule has 0 radical (unpaired) electrons. The summed E-state index contributed by atoms with van der Waals surface area (Å²) in [6, 6.07) is 1.88. The summed E-state index contributed by atoms with van der Waals surface area (Å²) in [7, 11) is 0. The van der Waals surface area contributed by atoms with Gasteiger partial charge in [-0.25, -0.2) is 0 Å². The normalized spacial score (nSPS) is 11.3. The number of nitrogens with two attached hydrogens (primary N) is 1. The standard InChI is InChI=1S/C8H11N3O2S/c9-7(11-13)4-10-8(12)3-6-1-2-14-5-6/h1-2,5,13H,3-4H2,(H2,9,11)(H,10,12). The van der Waals surface area contributed by atoms with Crippen LogP contribution in [0.2, 0.25) is 0 Å². The average molecular weight is 213 g/mol. The summed E-state index contributed by atoms with van der Waals surface area (Å²) < 4.78 is 0. The molecule has 1 aromatic rings. The number of carbonyl (C=O) groups excluding carboxylic acids is 1. The number of hydrogen-bond donors (Lipinski definition) is 3. The first-order valence-corrected chi connectivity index (χ1v) is 4.91. The van der Waals surface area contributed by atoms with Crippen LogP contribution in [0.3, 0.4) is 0 Å². The number of amides is 1. The molecule has 1 amide bonds. The minimum atomic E-state index is -0.144. The zero-order valence-electron chi connectivity index (χ0n) is 7.43. The maximum atomic E-state index is 11.2. The van der Waals surface area contributed by atoms with Crippen LogP contribution in [0.25, 0.3) is 0 Å². The quantitative estimate of drug-likeness (QED) is 0.288. The second-order valence-electron chi connectivity index (χ2n) is 2.68. The number of nitrogens with one attached hydrogen (secondary N) is 1. The van der Waals surface area contributed by atoms with E-state index in [9.17, 15) is 4.79 Å². The molecule has 4 N–H and O–H groups in total. The summed E-state index contributed by atoms with van der Waals surface area (Å²) in [6.07, 6.45) is 0.322. The van der Waals surface area contributed by atoms with Crippen LogP contribution < -0.4 is 11.1 Å². The second-order valence-corrected chi connectivity index (χ2v) is 3.46. The van der Waals surface area contributed by atoms with Crippen LogP contribution in [0.15, 0.2) is 22.0 Å². The van der Waals surface area contributed by atoms with Gasteiger partial charge in [-0.15, -0.1) is 0 Å². The van der Waals surface area contributed by atoms with Gasteiger partial charge in [0.1, 0.15) is 0 Å². The van der Waals surface area contributed by atoms with E-state index in [0.29, 0.717) is 6.42 Å². The van der Waals surface area contributed by atoms with Crippen molar-refractivity contribution in [3.05, 3.63) is 22.4 Å². The zero-order valence-corrected chi connectivity index (χ0v) is 8.25. The van der Waals surface area contributed by atoms with Gasteiger partial charge in [-0.2, -0.15) is 11.3 Å². The van der Waals surface area contributed by atoms with Crippen molar-refractivity contribution < 1.29 is 10.0 Å². The van der Waals surface area contributed by atoms with Crippen molar-refractivity contribution in [1.29, 1.82) is 0 Å². The molecule has 1 rings (SSSR count). The molecule has 1 heterocycles. The van der Waals surface area contributed by atoms with Crippen LogP contribution in [-0.2, 0) is 11.2 Å². The summed E-state index contributed by atoms with van der Waals surface area (Å²) in [5.41, 5.74) is 6.15. The fraction of sp³-hybridized carbons (Fsp3) is 0.250. The third-order valence-corrected chi connectivity index (χ3v) is 2.27. The third-order valence-electron chi connectivity index (χ3n) is 1.54. The van der Waals surface area contributed by atoms with Gasteiger partial charge in [0.2, 0.25) is 5.91 Å². The Kier molecular flexibility index (Phi) is 3.93. The van der Waals surface area contributed by atoms with Gasteiger partial charge in [-0.05, 0) is 22.4 Å². The summed E-state index contributed by atoms with van der Waals surface area (Å²) >= 11 is 1.54. The maximum Gasteiger partial charge on any atom is 0.224 e. The number of amidine groups is 1. The molecule has 0 unspecified atom stereocenters. The summed E-state index contributed by atoms with van der Waals surface area (Å²) in [4.78, 5) is 11.2. The molecule has 5 nitrogen and oxygen atoms in total. The smallest absolute Gasteiger partial charge is 0.224 e. The highest BCUT2D eigenvalue weighted by Crippen LogP contribution is 2.05. The van der Waals surface area contributed by atoms with Crippen LogP contribution >= 0.6 is 11.3 Å². The largest absolute Gasteiger partial charge is 0.409 e. The van der Waals surface area contributed by atoms with Crippen LogP contribution in [0.1, 0.15) is 5.56 Å². The predicted octanol–water partition coefficient (Wildman–Crippen LogP) is 0.153. The van der Waals surface area contributed by atoms with E-state index in [1.807, 2.05) is 16.8 Å². The van der Waals surface area contributed by atoms with Crippen molar-refractivity contribution in [2.75, 3.05) is 6.54 Å². The first-order valence-electron chi connectivity index (χ1n) is 3.96. The van der Waals surface area contributed by atoms with Crippen LogP contribution in [0.4, 0.5) is 0 Å². The zero-order chi connectivity index (χ0) is 10.4. The lowest BCUT2D eigenvalue weighted by Gasteiger charge is -2.01. The molecule has 0 aromatic carbocycles. The number of nitrogens with zero attached hydrogens (tertiary/aromatic N) is 1. The summed E-state index contributed by atoms with van der Waals surface area (Å²) in [5.74, 6) is -0.154. The molecular weight excluding hydrogens is 202 g/mol. The van der Waals surface area contributed by atoms with Gasteiger partial charge in [0.05, 0.1) is 13.0 Å². The van der Waals surface area contributed by atoms with Crippen molar-refractivity contribution in [2.24, 2.45) is 10.9 Å². The Morgan fingerprint density at radius 3 is 3.07 bits per heavy atom. The van der Waals surface area contributed by atoms with E-state index >= 15 is 0 Å². The Labute approximate surface area is 85.2 Å². The predicted molar refractivity (Wildman–Crippen MR) is 54.4 cm³/mol. The fourth-order valence-corrected chi connectivity index (χ4v) is 1.53. The molecule has 0 saturated carbocycles. The number of carbonyl (C=O) groups is 1. The summed E-state index contributed by atoms with van der Waals surface area (Å²) in [6.45, 7) is 0.0689. The molecule has 0 spiro atoms. The lowest BCUT2D eigenvalue weighted by atomic mass is 10.2. The highest BCUT2D eigenvalue weighted by atomic mass is 32.1. The van der Waals surface area contributed by atoms with Crippen molar-refractivity contribution in [2.45, 2.75) is 6.42 Å². The number of hydrogen-bond acceptors (Lipinski definition) is 4. The SMILES string of the molecule is N/C(CNC(=O)Cc1ccsc1)=N/O. The van der Waals surface area contributed by atoms with E-state index in [4.69, 9.17) is 10.9 Å². The van der Waals surface area contributed by atoms with Crippen LogP contribution in [0.5, 0.6) is 0 Å². The van der Waals surface area contributed by atoms with Crippen molar-refractivity contribution in [1.82, 2.24) is 5.32 Å². The number of rotatable bonds is 4. The van der Waals surface area contributed by atoms with Crippen LogP contribution in [0, 0.1) is 0 Å². The first-order chi connectivity index (χ1) is 6.72. The lowest BCUT2D eigenvalue weighted by Crippen LogP contribution is -2.34. The van der Waals surface area contributed by atoms with Crippen molar-refractivity contribution in [3.63, 3.8) is 0 Å². The molecular formula is C8H11N3O2S. The molecule has 6 heteroatoms. The van der Waals surface area contributed by atoms with E-state index in [0.717, 1.165) is 5.56 Å². The Morgan fingerprint density at radius 2 is 2.50 bits per heavy atom. The van der Waals surface area contributed by atoms with Crippen LogP contribution in [-0.4, -0.2) is 23.5 Å². The average Bonchev–Trinajstić information content (AvgIpc) is 2.66. The first kappa shape index (κ1) is 10.5. The van der Waals surface area contributed by atoms with Gasteiger partial charge in [0, 0.05) is 0 Å². The molecule has 0 aliphatic carbocycles. The Balaban J connectivity index is 2.30. The van der Waals surface area contributed by atoms with Gasteiger partial charge in [-0.1, -0.05) is 5.16 Å². The monoisotopic (exact) mass is 213 g/mol. The highest BCUT2D eigenvalue weighted by Gasteiger charge is 2.03. The van der Waals surface area contributed by atoms with E-state index in [2.05, 4.69) is 10.5 Å². The second kappa shape index (κ2) is 5.23. The van der Waals surface area contributed by atoms with Crippen molar-refractivity contribution >= 4 is 23.1 Å². The van der Waals surface area contributed by atoms with Gasteiger partial charge in [0.15, 0.2) is 5.84 Å². The Morgan fingerprint density at radius 1 is 1.71 bits per heavy atom. The van der Waals surface area contributed by atoms with Gasteiger partial charge < -0.3 is 16.3 Å². The fourth-order valence-electron chi connectivity index (χ4n) is 0.866. The molecule has 0 atom stereocenters. The maximum absolute atomic E-state index is 11.2. The molecule has 0 aliphatic heterocycles. The van der Waals surface area contributed by atoms with E-state index in [1.165, 1.54) is 0 Å². The van der Waals surface area contributed by atoms with E-state index in [-0.39, 0.29) is 18.3 Å². The number of thiophene rings is 1. The van der Waals surface area contributed by atoms with Gasteiger partial charge in [-0.3, -0.25) is 4.79 Å². The van der Waals surface area contributed by atoms with Gasteiger partial charge in [0.25, 0.3) is 0 Å². The lowest BCUT2D eigenvalue weighted by molar-refractivity contribution is -0.120. The van der Waals surface area contributed by atoms with E-state index < -0.39 is 0 Å². The molecule has 0 saturated heterocycles. The molecule has 0 aliphatic rings. The third kappa shape index (κ3) is 3.44. The molecule has 0 bridgehead atoms. The topological polar surface area (TPSA) is 87.7 Å². The Bertz CT molecular complexity index is 321. The minimum Gasteiger partial charge on any atom is -0.409 e. The van der Waals surface area contributed by atoms with E-state index in [1.54, 1.807) is 11.3 Å². The summed E-state index contributed by atoms with van der Waals surface area (Å²) in [5, 5.41) is 17.3. The highest BCUT2D eigenvalue weighted by molar-refractivity contribution is 7.07. The molecule has 0 fully saturated rings. The molecule has 76 valence electrons. The van der Waals surface area contributed by atoms with Gasteiger partial charge >= 0.3 is 0 Å². The number of oxime groups is 1. The molecule has 14 heavy (non-hydrogen) atoms.